The topological polar surface area (TPSA) is 103 Å². The molecule has 1 aliphatic rings. The number of allylic oxidation sites excluding steroid dienone is 1. The highest BCUT2D eigenvalue weighted by molar-refractivity contribution is 7.07. The van der Waals surface area contributed by atoms with E-state index in [4.69, 9.17) is 4.74 Å². The molecule has 0 radical (unpaired) electrons. The number of aromatic nitrogens is 2. The number of carbonyl (C=O) groups excluding carboxylic acids is 1. The Morgan fingerprint density at radius 2 is 1.73 bits per heavy atom. The predicted molar refractivity (Wildman–Crippen MR) is 154 cm³/mol. The number of nitrogens with zero attached hydrogens (tertiary/aromatic N) is 3. The van der Waals surface area contributed by atoms with E-state index in [1.807, 2.05) is 61.7 Å². The molecule has 9 heteroatoms. The highest BCUT2D eigenvalue weighted by atomic mass is 32.1. The van der Waals surface area contributed by atoms with Crippen LogP contribution in [0.1, 0.15) is 58.3 Å². The number of aromatic carboxylic acids is 1. The molecule has 1 atom stereocenters. The molecule has 204 valence electrons. The Bertz CT molecular complexity index is 1860. The van der Waals surface area contributed by atoms with Crippen molar-refractivity contribution in [1.29, 1.82) is 0 Å². The monoisotopic (exact) mass is 555 g/mol. The molecule has 0 saturated heterocycles. The molecule has 0 saturated carbocycles. The predicted octanol–water partition coefficient (Wildman–Crippen LogP) is 4.21. The van der Waals surface area contributed by atoms with Crippen LogP contribution >= 0.6 is 11.3 Å². The minimum atomic E-state index is -0.978. The Labute approximate surface area is 234 Å². The van der Waals surface area contributed by atoms with Crippen molar-refractivity contribution < 1.29 is 19.4 Å². The van der Waals surface area contributed by atoms with E-state index in [0.717, 1.165) is 33.8 Å². The number of rotatable bonds is 6. The highest BCUT2D eigenvalue weighted by Gasteiger charge is 2.33. The van der Waals surface area contributed by atoms with Gasteiger partial charge in [-0.2, -0.15) is 0 Å². The summed E-state index contributed by atoms with van der Waals surface area (Å²) in [5.41, 5.74) is 6.27. The lowest BCUT2D eigenvalue weighted by Gasteiger charge is -2.24. The van der Waals surface area contributed by atoms with Gasteiger partial charge in [-0.15, -0.1) is 0 Å². The van der Waals surface area contributed by atoms with Gasteiger partial charge in [0.25, 0.3) is 5.56 Å². The third kappa shape index (κ3) is 4.73. The van der Waals surface area contributed by atoms with E-state index in [9.17, 15) is 19.5 Å². The molecule has 2 aromatic carbocycles. The van der Waals surface area contributed by atoms with Crippen LogP contribution in [0.5, 0.6) is 0 Å². The van der Waals surface area contributed by atoms with E-state index in [-0.39, 0.29) is 17.7 Å². The molecule has 8 nitrogen and oxygen atoms in total. The van der Waals surface area contributed by atoms with Crippen molar-refractivity contribution in [3.8, 4) is 5.69 Å². The maximum Gasteiger partial charge on any atom is 0.338 e. The van der Waals surface area contributed by atoms with Crippen LogP contribution in [0.15, 0.2) is 75.7 Å². The van der Waals surface area contributed by atoms with Gasteiger partial charge in [0.15, 0.2) is 4.80 Å². The fourth-order valence-corrected chi connectivity index (χ4v) is 6.12. The molecule has 5 rings (SSSR count). The minimum Gasteiger partial charge on any atom is -0.478 e. The van der Waals surface area contributed by atoms with Crippen LogP contribution < -0.4 is 14.9 Å². The number of ether oxygens (including phenoxy) is 1. The Hall–Kier alpha value is -4.50. The smallest absolute Gasteiger partial charge is 0.338 e. The van der Waals surface area contributed by atoms with E-state index in [1.165, 1.54) is 11.3 Å². The van der Waals surface area contributed by atoms with Gasteiger partial charge in [-0.1, -0.05) is 41.2 Å². The van der Waals surface area contributed by atoms with Crippen molar-refractivity contribution in [3.05, 3.63) is 119 Å². The molecular formula is C31H29N3O5S. The first kappa shape index (κ1) is 27.1. The number of hydrogen-bond acceptors (Lipinski definition) is 6. The summed E-state index contributed by atoms with van der Waals surface area (Å²) < 4.78 is 9.47. The third-order valence-electron chi connectivity index (χ3n) is 7.04. The van der Waals surface area contributed by atoms with Crippen LogP contribution in [0.4, 0.5) is 0 Å². The molecule has 40 heavy (non-hydrogen) atoms. The summed E-state index contributed by atoms with van der Waals surface area (Å²) in [7, 11) is 0. The van der Waals surface area contributed by atoms with Crippen molar-refractivity contribution in [2.45, 2.75) is 40.7 Å². The Morgan fingerprint density at radius 1 is 1.05 bits per heavy atom. The zero-order valence-corrected chi connectivity index (χ0v) is 23.7. The van der Waals surface area contributed by atoms with Gasteiger partial charge in [-0.3, -0.25) is 9.36 Å². The van der Waals surface area contributed by atoms with Gasteiger partial charge in [0.2, 0.25) is 0 Å². The van der Waals surface area contributed by atoms with E-state index >= 15 is 0 Å². The van der Waals surface area contributed by atoms with Crippen LogP contribution in [0.2, 0.25) is 0 Å². The van der Waals surface area contributed by atoms with E-state index in [0.29, 0.717) is 20.6 Å². The number of carboxylic acids is 1. The SMILES string of the molecule is CCOC(=O)C1=C(C)N=c2s/c(=C/c3cc(C)n(-c4ccc(C(=O)O)cc4)c3C)c(=O)n2[C@H]1c1ccc(C)cc1. The van der Waals surface area contributed by atoms with Gasteiger partial charge in [-0.25, -0.2) is 14.6 Å². The molecule has 0 aliphatic carbocycles. The van der Waals surface area contributed by atoms with Gasteiger partial charge in [0.1, 0.15) is 0 Å². The molecule has 3 heterocycles. The first-order valence-electron chi connectivity index (χ1n) is 12.9. The van der Waals surface area contributed by atoms with E-state index in [2.05, 4.69) is 4.99 Å². The zero-order valence-electron chi connectivity index (χ0n) is 22.9. The fourth-order valence-electron chi connectivity index (χ4n) is 5.08. The van der Waals surface area contributed by atoms with Crippen molar-refractivity contribution in [2.24, 2.45) is 4.99 Å². The number of thiazole rings is 1. The number of carbonyl (C=O) groups is 2. The van der Waals surface area contributed by atoms with Crippen LogP contribution in [-0.2, 0) is 9.53 Å². The number of hydrogen-bond donors (Lipinski definition) is 1. The molecule has 1 N–H and O–H groups in total. The lowest BCUT2D eigenvalue weighted by molar-refractivity contribution is -0.139. The Kier molecular flexibility index (Phi) is 7.16. The van der Waals surface area contributed by atoms with Crippen molar-refractivity contribution in [2.75, 3.05) is 6.61 Å². The number of benzene rings is 2. The number of fused-ring (bicyclic) bond motifs is 1. The lowest BCUT2D eigenvalue weighted by atomic mass is 9.95. The van der Waals surface area contributed by atoms with Gasteiger partial charge in [-0.05, 0) is 82.2 Å². The number of carboxylic acid groups (broad SMARTS) is 1. The summed E-state index contributed by atoms with van der Waals surface area (Å²) >= 11 is 1.28. The largest absolute Gasteiger partial charge is 0.478 e. The average molecular weight is 556 g/mol. The van der Waals surface area contributed by atoms with Gasteiger partial charge in [0.05, 0.1) is 34.0 Å². The second-order valence-electron chi connectivity index (χ2n) is 9.73. The Balaban J connectivity index is 1.66. The van der Waals surface area contributed by atoms with Crippen molar-refractivity contribution in [3.63, 3.8) is 0 Å². The maximum atomic E-state index is 13.9. The molecule has 2 aromatic heterocycles. The molecule has 1 aliphatic heterocycles. The van der Waals surface area contributed by atoms with Gasteiger partial charge >= 0.3 is 11.9 Å². The van der Waals surface area contributed by atoms with Crippen molar-refractivity contribution >= 4 is 29.4 Å². The summed E-state index contributed by atoms with van der Waals surface area (Å²) in [4.78, 5) is 43.4. The van der Waals surface area contributed by atoms with Crippen molar-refractivity contribution in [1.82, 2.24) is 9.13 Å². The number of esters is 1. The third-order valence-corrected chi connectivity index (χ3v) is 8.02. The van der Waals surface area contributed by atoms with Crippen LogP contribution in [0.25, 0.3) is 11.8 Å². The standard InChI is InChI=1S/C31H29N3O5S/c1-6-39-30(38)26-19(4)32-31-34(27(26)21-9-7-17(2)8-10-21)28(35)25(40-31)16-23-15-18(3)33(20(23)5)24-13-11-22(12-14-24)29(36)37/h7-16,27H,6H2,1-5H3,(H,36,37)/b25-16+/t27-/m0/s1. The summed E-state index contributed by atoms with van der Waals surface area (Å²) in [5.74, 6) is -1.46. The molecule has 0 bridgehead atoms. The summed E-state index contributed by atoms with van der Waals surface area (Å²) in [5, 5.41) is 9.23. The average Bonchev–Trinajstić information content (AvgIpc) is 3.37. The Morgan fingerprint density at radius 3 is 2.35 bits per heavy atom. The summed E-state index contributed by atoms with van der Waals surface area (Å²) in [6.07, 6.45) is 1.85. The molecule has 0 fully saturated rings. The second kappa shape index (κ2) is 10.6. The molecule has 0 unspecified atom stereocenters. The van der Waals surface area contributed by atoms with E-state index in [1.54, 1.807) is 42.7 Å². The maximum absolute atomic E-state index is 13.9. The van der Waals surface area contributed by atoms with Gasteiger partial charge in [0, 0.05) is 17.1 Å². The summed E-state index contributed by atoms with van der Waals surface area (Å²) in [6.45, 7) is 9.64. The van der Waals surface area contributed by atoms with E-state index < -0.39 is 18.0 Å². The molecule has 4 aromatic rings. The molecule has 0 amide bonds. The second-order valence-corrected chi connectivity index (χ2v) is 10.7. The van der Waals surface area contributed by atoms with Crippen LogP contribution in [0, 0.1) is 20.8 Å². The highest BCUT2D eigenvalue weighted by Crippen LogP contribution is 2.31. The fraction of sp³-hybridized carbons (Fsp3) is 0.226. The first-order valence-corrected chi connectivity index (χ1v) is 13.7. The quantitative estimate of drug-likeness (QED) is 0.359. The first-order chi connectivity index (χ1) is 19.1. The summed E-state index contributed by atoms with van der Waals surface area (Å²) in [6, 6.07) is 15.8. The van der Waals surface area contributed by atoms with Gasteiger partial charge < -0.3 is 14.4 Å². The molecular weight excluding hydrogens is 526 g/mol. The normalized spacial score (nSPS) is 15.1. The van der Waals surface area contributed by atoms with Crippen LogP contribution in [0.3, 0.4) is 0 Å². The molecule has 0 spiro atoms. The number of aryl methyl sites for hydroxylation is 2. The zero-order chi connectivity index (χ0) is 28.7. The van der Waals surface area contributed by atoms with Crippen LogP contribution in [-0.4, -0.2) is 32.8 Å². The lowest BCUT2D eigenvalue weighted by Crippen LogP contribution is -2.39. The minimum absolute atomic E-state index is 0.216.